The van der Waals surface area contributed by atoms with Crippen LogP contribution in [0.5, 0.6) is 0 Å². The third-order valence-electron chi connectivity index (χ3n) is 2.49. The number of rotatable bonds is 1. The van der Waals surface area contributed by atoms with Crippen molar-refractivity contribution in [2.75, 3.05) is 7.11 Å². The van der Waals surface area contributed by atoms with Crippen LogP contribution < -0.4 is 11.5 Å². The van der Waals surface area contributed by atoms with Crippen LogP contribution in [0.25, 0.3) is 0 Å². The van der Waals surface area contributed by atoms with Crippen LogP contribution in [0.2, 0.25) is 0 Å². The summed E-state index contributed by atoms with van der Waals surface area (Å²) in [6, 6.07) is 0. The Balaban J connectivity index is 0.00000144. The summed E-state index contributed by atoms with van der Waals surface area (Å²) in [5.74, 6) is 0. The van der Waals surface area contributed by atoms with Gasteiger partial charge in [-0.15, -0.1) is 0 Å². The first-order valence-corrected chi connectivity index (χ1v) is 4.67. The summed E-state index contributed by atoms with van der Waals surface area (Å²) in [4.78, 5) is 0. The average molecular weight is 185 g/mol. The van der Waals surface area contributed by atoms with E-state index in [1.807, 2.05) is 7.11 Å². The standard InChI is InChI=1S/C10H21NO.N/c1-9(2)6-8(12-5)7-10(3,4)11-9;/h8,11H,6-7H2,1-5H3;. The Morgan fingerprint density at radius 1 is 1.08 bits per heavy atom. The zero-order chi connectivity index (χ0) is 9.41. The first-order chi connectivity index (χ1) is 5.35. The number of nitrogens with zero attached hydrogens (tertiary/aromatic N) is 1. The molecule has 1 rings (SSSR count). The summed E-state index contributed by atoms with van der Waals surface area (Å²) in [5.41, 5.74) is 0.421. The Kier molecular flexibility index (Phi) is 3.91. The van der Waals surface area contributed by atoms with E-state index in [2.05, 4.69) is 33.0 Å². The fraction of sp³-hybridized carbons (Fsp3) is 1.00. The quantitative estimate of drug-likeness (QED) is 0.672. The third-order valence-corrected chi connectivity index (χ3v) is 2.49. The highest BCUT2D eigenvalue weighted by Gasteiger charge is 2.37. The van der Waals surface area contributed by atoms with Crippen molar-refractivity contribution in [1.29, 1.82) is 0 Å². The summed E-state index contributed by atoms with van der Waals surface area (Å²) in [6.45, 7) is 8.94. The van der Waals surface area contributed by atoms with Crippen molar-refractivity contribution in [3.05, 3.63) is 0 Å². The number of nitrogens with one attached hydrogen (secondary N) is 1. The Morgan fingerprint density at radius 3 is 1.77 bits per heavy atom. The lowest BCUT2D eigenvalue weighted by molar-refractivity contribution is 0.00597. The van der Waals surface area contributed by atoms with Crippen LogP contribution in [0.4, 0.5) is 0 Å². The number of ether oxygens (including phenoxy) is 1. The minimum Gasteiger partial charge on any atom is -0.381 e. The van der Waals surface area contributed by atoms with E-state index in [0.717, 1.165) is 12.8 Å². The van der Waals surface area contributed by atoms with Gasteiger partial charge in [-0.3, -0.25) is 0 Å². The van der Waals surface area contributed by atoms with Crippen LogP contribution >= 0.6 is 0 Å². The van der Waals surface area contributed by atoms with Crippen molar-refractivity contribution in [2.24, 2.45) is 0 Å². The molecule has 0 aromatic heterocycles. The molecule has 1 aliphatic rings. The molecule has 1 N–H and O–H groups in total. The zero-order valence-electron chi connectivity index (χ0n) is 9.35. The molecule has 13 heavy (non-hydrogen) atoms. The lowest BCUT2D eigenvalue weighted by atomic mass is 9.81. The van der Waals surface area contributed by atoms with E-state index in [1.54, 1.807) is 0 Å². The van der Waals surface area contributed by atoms with Crippen LogP contribution in [0, 0.1) is 0 Å². The molecule has 3 heteroatoms. The van der Waals surface area contributed by atoms with Gasteiger partial charge in [0, 0.05) is 24.3 Å². The molecule has 3 radical (unpaired) electrons. The number of hydrogen-bond acceptors (Lipinski definition) is 2. The van der Waals surface area contributed by atoms with Gasteiger partial charge in [-0.1, -0.05) is 0 Å². The number of methoxy groups -OCH3 is 1. The maximum atomic E-state index is 5.42. The average Bonchev–Trinajstić information content (AvgIpc) is 1.80. The normalized spacial score (nSPS) is 26.5. The molecule has 0 unspecified atom stereocenters. The second kappa shape index (κ2) is 3.95. The van der Waals surface area contributed by atoms with E-state index < -0.39 is 0 Å². The Hall–Kier alpha value is -0.120. The van der Waals surface area contributed by atoms with Gasteiger partial charge < -0.3 is 10.1 Å². The predicted molar refractivity (Wildman–Crippen MR) is 53.5 cm³/mol. The van der Waals surface area contributed by atoms with Gasteiger partial charge in [-0.2, -0.15) is 0 Å². The molecule has 0 aromatic carbocycles. The maximum absolute atomic E-state index is 5.42. The molecular weight excluding hydrogens is 164 g/mol. The van der Waals surface area contributed by atoms with Crippen molar-refractivity contribution in [3.8, 4) is 0 Å². The maximum Gasteiger partial charge on any atom is 0.0606 e. The van der Waals surface area contributed by atoms with Crippen molar-refractivity contribution < 1.29 is 4.74 Å². The molecule has 1 heterocycles. The highest BCUT2D eigenvalue weighted by Crippen LogP contribution is 2.29. The SMILES string of the molecule is COC1CC(C)(C)NC(C)(C)C1.[N]. The Morgan fingerprint density at radius 2 is 1.46 bits per heavy atom. The molecule has 0 amide bonds. The minimum atomic E-state index is 0. The van der Waals surface area contributed by atoms with Gasteiger partial charge >= 0.3 is 0 Å². The first-order valence-electron chi connectivity index (χ1n) is 4.67. The van der Waals surface area contributed by atoms with E-state index in [0.29, 0.717) is 6.10 Å². The number of hydrogen-bond donors (Lipinski definition) is 1. The topological polar surface area (TPSA) is 51.8 Å². The van der Waals surface area contributed by atoms with Crippen LogP contribution in [0.3, 0.4) is 0 Å². The lowest BCUT2D eigenvalue weighted by Gasteiger charge is -2.45. The Labute approximate surface area is 81.8 Å². The molecule has 0 bridgehead atoms. The van der Waals surface area contributed by atoms with Crippen LogP contribution in [-0.4, -0.2) is 24.3 Å². The van der Waals surface area contributed by atoms with Gasteiger partial charge in [-0.25, -0.2) is 0 Å². The first kappa shape index (κ1) is 12.9. The molecule has 0 aromatic rings. The van der Waals surface area contributed by atoms with E-state index in [-0.39, 0.29) is 17.2 Å². The van der Waals surface area contributed by atoms with Gasteiger partial charge in [0.25, 0.3) is 0 Å². The highest BCUT2D eigenvalue weighted by atomic mass is 16.5. The predicted octanol–water partition coefficient (Wildman–Crippen LogP) is 1.46. The van der Waals surface area contributed by atoms with Crippen molar-refractivity contribution in [2.45, 2.75) is 57.7 Å². The molecule has 1 fully saturated rings. The van der Waals surface area contributed by atoms with Gasteiger partial charge in [0.05, 0.1) is 6.10 Å². The molecule has 0 aliphatic carbocycles. The van der Waals surface area contributed by atoms with Crippen LogP contribution in [-0.2, 0) is 4.74 Å². The van der Waals surface area contributed by atoms with Gasteiger partial charge in [0.2, 0.25) is 0 Å². The molecule has 1 aliphatic heterocycles. The van der Waals surface area contributed by atoms with Crippen molar-refractivity contribution >= 4 is 0 Å². The molecule has 0 atom stereocenters. The van der Waals surface area contributed by atoms with E-state index in [1.165, 1.54) is 0 Å². The van der Waals surface area contributed by atoms with Gasteiger partial charge in [0.1, 0.15) is 0 Å². The smallest absolute Gasteiger partial charge is 0.0606 e. The second-order valence-corrected chi connectivity index (χ2v) is 5.16. The monoisotopic (exact) mass is 185 g/mol. The summed E-state index contributed by atoms with van der Waals surface area (Å²) >= 11 is 0. The fourth-order valence-electron chi connectivity index (χ4n) is 2.40. The molecule has 77 valence electrons. The lowest BCUT2D eigenvalue weighted by Crippen LogP contribution is -2.59. The Bertz CT molecular complexity index is 150. The van der Waals surface area contributed by atoms with E-state index in [4.69, 9.17) is 4.74 Å². The second-order valence-electron chi connectivity index (χ2n) is 5.16. The summed E-state index contributed by atoms with van der Waals surface area (Å²) in [7, 11) is 1.81. The third kappa shape index (κ3) is 3.63. The van der Waals surface area contributed by atoms with Gasteiger partial charge in [0.15, 0.2) is 0 Å². The molecular formula is C10H21N2O. The van der Waals surface area contributed by atoms with Crippen LogP contribution in [0.1, 0.15) is 40.5 Å². The zero-order valence-corrected chi connectivity index (χ0v) is 9.35. The molecule has 3 nitrogen and oxygen atoms in total. The van der Waals surface area contributed by atoms with E-state index >= 15 is 0 Å². The highest BCUT2D eigenvalue weighted by molar-refractivity contribution is 4.97. The molecule has 0 spiro atoms. The fourth-order valence-corrected chi connectivity index (χ4v) is 2.40. The van der Waals surface area contributed by atoms with Gasteiger partial charge in [-0.05, 0) is 40.5 Å². The molecule has 1 saturated heterocycles. The largest absolute Gasteiger partial charge is 0.381 e. The summed E-state index contributed by atoms with van der Waals surface area (Å²) in [6.07, 6.45) is 2.62. The van der Waals surface area contributed by atoms with E-state index in [9.17, 15) is 0 Å². The van der Waals surface area contributed by atoms with Crippen LogP contribution in [0.15, 0.2) is 0 Å². The van der Waals surface area contributed by atoms with Crippen molar-refractivity contribution in [3.63, 3.8) is 0 Å². The summed E-state index contributed by atoms with van der Waals surface area (Å²) < 4.78 is 5.42. The number of piperidine rings is 1. The molecule has 0 saturated carbocycles. The summed E-state index contributed by atoms with van der Waals surface area (Å²) in [5, 5.41) is 3.62. The van der Waals surface area contributed by atoms with Crippen molar-refractivity contribution in [1.82, 2.24) is 11.5 Å². The minimum absolute atomic E-state index is 0.